The number of hydrogen-bond donors (Lipinski definition) is 2. The molecule has 1 aliphatic heterocycles. The number of halogens is 3. The number of nitrogens with zero attached hydrogens (tertiary/aromatic N) is 1. The molecule has 0 aromatic heterocycles. The summed E-state index contributed by atoms with van der Waals surface area (Å²) in [6.45, 7) is 1.95. The number of rotatable bonds is 2. The molecule has 0 saturated carbocycles. The number of nitrogens with one attached hydrogen (secondary N) is 1. The minimum Gasteiger partial charge on any atom is -0.225 e. The lowest BCUT2D eigenvalue weighted by atomic mass is 9.83. The van der Waals surface area contributed by atoms with E-state index in [-0.39, 0.29) is 22.0 Å². The molecular formula is C19H18F3N3O2S. The van der Waals surface area contributed by atoms with Gasteiger partial charge >= 0.3 is 6.30 Å². The van der Waals surface area contributed by atoms with Gasteiger partial charge in [0.1, 0.15) is 0 Å². The van der Waals surface area contributed by atoms with Gasteiger partial charge in [-0.2, -0.15) is 0 Å². The van der Waals surface area contributed by atoms with Gasteiger partial charge in [-0.05, 0) is 48.6 Å². The number of hydrazine groups is 1. The van der Waals surface area contributed by atoms with E-state index in [1.807, 2.05) is 25.1 Å². The summed E-state index contributed by atoms with van der Waals surface area (Å²) in [7, 11) is -3.88. The van der Waals surface area contributed by atoms with Gasteiger partial charge in [0.25, 0.3) is 0 Å². The average molecular weight is 409 g/mol. The van der Waals surface area contributed by atoms with E-state index in [9.17, 15) is 21.6 Å². The zero-order valence-corrected chi connectivity index (χ0v) is 15.7. The number of allylic oxidation sites excluding steroid dienone is 1. The van der Waals surface area contributed by atoms with Crippen LogP contribution in [0.2, 0.25) is 0 Å². The van der Waals surface area contributed by atoms with Crippen LogP contribution in [0, 0.1) is 6.92 Å². The summed E-state index contributed by atoms with van der Waals surface area (Å²) in [5, 5.41) is 5.39. The van der Waals surface area contributed by atoms with Crippen molar-refractivity contribution < 1.29 is 21.6 Å². The first kappa shape index (κ1) is 19.0. The molecule has 1 aliphatic carbocycles. The third-order valence-electron chi connectivity index (χ3n) is 5.11. The van der Waals surface area contributed by atoms with Crippen LogP contribution in [0.4, 0.5) is 13.2 Å². The van der Waals surface area contributed by atoms with E-state index in [0.29, 0.717) is 17.6 Å². The lowest BCUT2D eigenvalue weighted by Gasteiger charge is -2.26. The first-order chi connectivity index (χ1) is 13.1. The van der Waals surface area contributed by atoms with Crippen LogP contribution >= 0.6 is 0 Å². The second-order valence-electron chi connectivity index (χ2n) is 7.00. The highest BCUT2D eigenvalue weighted by Gasteiger charge is 2.47. The van der Waals surface area contributed by atoms with Gasteiger partial charge in [-0.15, -0.1) is 13.2 Å². The molecule has 0 saturated heterocycles. The first-order valence-electron chi connectivity index (χ1n) is 8.64. The topological polar surface area (TPSA) is 75.4 Å². The van der Waals surface area contributed by atoms with Gasteiger partial charge in [0, 0.05) is 11.3 Å². The third kappa shape index (κ3) is 3.19. The number of hydrogen-bond acceptors (Lipinski definition) is 4. The van der Waals surface area contributed by atoms with E-state index in [0.717, 1.165) is 16.7 Å². The monoisotopic (exact) mass is 409 g/mol. The maximum Gasteiger partial charge on any atom is 0.498 e. The highest BCUT2D eigenvalue weighted by atomic mass is 32.2. The van der Waals surface area contributed by atoms with Gasteiger partial charge in [-0.1, -0.05) is 35.9 Å². The number of fused-ring (bicyclic) bond motifs is 2. The molecular weight excluding hydrogens is 391 g/mol. The zero-order chi connectivity index (χ0) is 20.3. The molecule has 2 aromatic carbocycles. The summed E-state index contributed by atoms with van der Waals surface area (Å²) in [5.74, 6) is 0. The molecule has 0 bridgehead atoms. The van der Waals surface area contributed by atoms with Gasteiger partial charge in [0.2, 0.25) is 10.0 Å². The minimum atomic E-state index is -4.57. The van der Waals surface area contributed by atoms with E-state index in [1.54, 1.807) is 0 Å². The fourth-order valence-electron chi connectivity index (χ4n) is 3.88. The van der Waals surface area contributed by atoms with E-state index in [4.69, 9.17) is 5.14 Å². The Morgan fingerprint density at radius 3 is 2.39 bits per heavy atom. The number of alkyl halides is 3. The molecule has 148 valence electrons. The van der Waals surface area contributed by atoms with Crippen molar-refractivity contribution in [2.45, 2.75) is 37.0 Å². The van der Waals surface area contributed by atoms with Gasteiger partial charge in [0.05, 0.1) is 10.9 Å². The van der Waals surface area contributed by atoms with Crippen molar-refractivity contribution in [3.8, 4) is 0 Å². The third-order valence-corrected chi connectivity index (χ3v) is 6.03. The summed E-state index contributed by atoms with van der Waals surface area (Å²) < 4.78 is 63.8. The molecule has 5 nitrogen and oxygen atoms in total. The summed E-state index contributed by atoms with van der Waals surface area (Å²) in [6.07, 6.45) is -3.77. The second kappa shape index (κ2) is 6.33. The normalized spacial score (nSPS) is 19.6. The standard InChI is InChI=1S/C19H18F3N3O2S/c1-11-2-8-15-13(10-11)5-9-16-17(15)18(24-25(16)19(20,21)22)12-3-6-14(7-4-12)28(23,26)27/h2-4,6-8,10,18,24H,5,9H2,1H3,(H2,23,26,27). The average Bonchev–Trinajstić information content (AvgIpc) is 3.01. The van der Waals surface area contributed by atoms with Crippen LogP contribution in [0.25, 0.3) is 5.57 Å². The Hall–Kier alpha value is -2.36. The Morgan fingerprint density at radius 2 is 1.79 bits per heavy atom. The van der Waals surface area contributed by atoms with E-state index in [2.05, 4.69) is 5.43 Å². The van der Waals surface area contributed by atoms with Crippen molar-refractivity contribution in [3.63, 3.8) is 0 Å². The van der Waals surface area contributed by atoms with Crippen molar-refractivity contribution in [1.82, 2.24) is 10.4 Å². The largest absolute Gasteiger partial charge is 0.498 e. The van der Waals surface area contributed by atoms with Gasteiger partial charge in [0.15, 0.2) is 0 Å². The first-order valence-corrected chi connectivity index (χ1v) is 10.2. The highest BCUT2D eigenvalue weighted by Crippen LogP contribution is 2.47. The van der Waals surface area contributed by atoms with Crippen molar-refractivity contribution in [3.05, 3.63) is 70.4 Å². The maximum atomic E-state index is 13.6. The Balaban J connectivity index is 1.84. The Morgan fingerprint density at radius 1 is 1.11 bits per heavy atom. The molecule has 1 unspecified atom stereocenters. The SMILES string of the molecule is Cc1ccc2c(c1)CCC1=C2C(c2ccc(S(N)(=O)=O)cc2)NN1C(F)(F)F. The number of nitrogens with two attached hydrogens (primary N) is 1. The molecule has 3 N–H and O–H groups in total. The zero-order valence-electron chi connectivity index (χ0n) is 14.9. The highest BCUT2D eigenvalue weighted by molar-refractivity contribution is 7.89. The fraction of sp³-hybridized carbons (Fsp3) is 0.263. The predicted molar refractivity (Wildman–Crippen MR) is 98.0 cm³/mol. The van der Waals surface area contributed by atoms with Crippen molar-refractivity contribution >= 4 is 15.6 Å². The molecule has 0 amide bonds. The molecule has 0 radical (unpaired) electrons. The second-order valence-corrected chi connectivity index (χ2v) is 8.56. The quantitative estimate of drug-likeness (QED) is 0.746. The Kier molecular flexibility index (Phi) is 4.29. The number of primary sulfonamides is 1. The van der Waals surface area contributed by atoms with Crippen molar-refractivity contribution in [2.75, 3.05) is 0 Å². The fourth-order valence-corrected chi connectivity index (χ4v) is 4.39. The number of benzene rings is 2. The van der Waals surface area contributed by atoms with Crippen LogP contribution in [-0.2, 0) is 16.4 Å². The number of aryl methyl sites for hydroxylation is 2. The molecule has 0 fully saturated rings. The minimum absolute atomic E-state index is 0.0872. The van der Waals surface area contributed by atoms with Crippen LogP contribution in [-0.4, -0.2) is 19.7 Å². The lowest BCUT2D eigenvalue weighted by Crippen LogP contribution is -2.44. The molecule has 2 aromatic rings. The summed E-state index contributed by atoms with van der Waals surface area (Å²) >= 11 is 0. The molecule has 28 heavy (non-hydrogen) atoms. The maximum absolute atomic E-state index is 13.6. The predicted octanol–water partition coefficient (Wildman–Crippen LogP) is 3.38. The van der Waals surface area contributed by atoms with Crippen molar-refractivity contribution in [1.29, 1.82) is 0 Å². The summed E-state index contributed by atoms with van der Waals surface area (Å²) in [5.41, 5.74) is 6.70. The molecule has 1 heterocycles. The van der Waals surface area contributed by atoms with Gasteiger partial charge in [-0.25, -0.2) is 24.0 Å². The van der Waals surface area contributed by atoms with Gasteiger partial charge in [-0.3, -0.25) is 0 Å². The van der Waals surface area contributed by atoms with Crippen LogP contribution in [0.15, 0.2) is 53.1 Å². The molecule has 4 rings (SSSR count). The van der Waals surface area contributed by atoms with Crippen LogP contribution in [0.5, 0.6) is 0 Å². The van der Waals surface area contributed by atoms with E-state index >= 15 is 0 Å². The summed E-state index contributed by atoms with van der Waals surface area (Å²) in [4.78, 5) is -0.0872. The molecule has 1 atom stereocenters. The Labute approximate surface area is 160 Å². The van der Waals surface area contributed by atoms with Crippen molar-refractivity contribution in [2.24, 2.45) is 5.14 Å². The van der Waals surface area contributed by atoms with Crippen LogP contribution < -0.4 is 10.6 Å². The number of sulfonamides is 1. The molecule has 2 aliphatic rings. The van der Waals surface area contributed by atoms with Crippen LogP contribution in [0.1, 0.15) is 34.7 Å². The van der Waals surface area contributed by atoms with E-state index < -0.39 is 22.4 Å². The smallest absolute Gasteiger partial charge is 0.225 e. The Bertz CT molecular complexity index is 1080. The van der Waals surface area contributed by atoms with Gasteiger partial charge < -0.3 is 0 Å². The molecule has 0 spiro atoms. The van der Waals surface area contributed by atoms with Crippen LogP contribution in [0.3, 0.4) is 0 Å². The lowest BCUT2D eigenvalue weighted by molar-refractivity contribution is -0.248. The molecule has 9 heteroatoms. The summed E-state index contributed by atoms with van der Waals surface area (Å²) in [6, 6.07) is 10.6. The van der Waals surface area contributed by atoms with E-state index in [1.165, 1.54) is 24.3 Å².